The number of aliphatic imine (C=N–C) groups is 1. The Morgan fingerprint density at radius 3 is 2.15 bits per heavy atom. The number of fused-ring (bicyclic) bond motifs is 1. The summed E-state index contributed by atoms with van der Waals surface area (Å²) in [5.74, 6) is -1.44. The number of anilines is 1. The molecule has 1 saturated heterocycles. The number of carbonyl (C=O) groups excluding carboxylic acids is 2. The molecule has 202 valence electrons. The van der Waals surface area contributed by atoms with E-state index >= 15 is 0 Å². The van der Waals surface area contributed by atoms with Gasteiger partial charge in [0.1, 0.15) is 16.7 Å². The number of amidine groups is 1. The number of benzene rings is 3. The van der Waals surface area contributed by atoms with Gasteiger partial charge in [-0.05, 0) is 56.2 Å². The molecule has 5 rings (SSSR count). The molecule has 2 aliphatic heterocycles. The highest BCUT2D eigenvalue weighted by molar-refractivity contribution is 7.90. The van der Waals surface area contributed by atoms with Gasteiger partial charge in [0.15, 0.2) is 0 Å². The van der Waals surface area contributed by atoms with E-state index in [0.717, 1.165) is 4.90 Å². The lowest BCUT2D eigenvalue weighted by Gasteiger charge is -2.39. The van der Waals surface area contributed by atoms with E-state index in [1.165, 1.54) is 42.5 Å². The van der Waals surface area contributed by atoms with Crippen molar-refractivity contribution in [3.63, 3.8) is 0 Å². The first-order chi connectivity index (χ1) is 18.5. The van der Waals surface area contributed by atoms with Crippen molar-refractivity contribution in [2.45, 2.75) is 37.2 Å². The minimum absolute atomic E-state index is 0.0542. The molecule has 0 bridgehead atoms. The van der Waals surface area contributed by atoms with Crippen molar-refractivity contribution in [3.8, 4) is 0 Å². The second kappa shape index (κ2) is 9.90. The molecule has 2 atom stereocenters. The maximum Gasteiger partial charge on any atom is 0.299 e. The number of imide groups is 1. The SMILES string of the molecule is CC1(C)OC(=NC(CCO)c2ccccc2F)NS(=O)(=O)C1c1ccc(N2C(=O)c3ccccc3C2=O)cc1. The van der Waals surface area contributed by atoms with Crippen LogP contribution in [-0.2, 0) is 14.8 Å². The molecule has 3 aromatic carbocycles. The molecule has 0 spiro atoms. The van der Waals surface area contributed by atoms with Gasteiger partial charge < -0.3 is 9.84 Å². The lowest BCUT2D eigenvalue weighted by molar-refractivity contribution is 0.0757. The zero-order valence-electron chi connectivity index (χ0n) is 21.2. The van der Waals surface area contributed by atoms with E-state index in [1.54, 1.807) is 44.2 Å². The van der Waals surface area contributed by atoms with Gasteiger partial charge in [-0.2, -0.15) is 0 Å². The van der Waals surface area contributed by atoms with Gasteiger partial charge in [0, 0.05) is 12.2 Å². The highest BCUT2D eigenvalue weighted by atomic mass is 32.2. The molecule has 2 amide bonds. The molecule has 0 radical (unpaired) electrons. The van der Waals surface area contributed by atoms with Crippen LogP contribution in [0.15, 0.2) is 77.8 Å². The van der Waals surface area contributed by atoms with E-state index in [2.05, 4.69) is 9.71 Å². The van der Waals surface area contributed by atoms with E-state index in [1.807, 2.05) is 0 Å². The largest absolute Gasteiger partial charge is 0.457 e. The van der Waals surface area contributed by atoms with Crippen molar-refractivity contribution in [2.24, 2.45) is 4.99 Å². The zero-order valence-corrected chi connectivity index (χ0v) is 22.0. The molecule has 2 aliphatic rings. The summed E-state index contributed by atoms with van der Waals surface area (Å²) in [7, 11) is -4.09. The van der Waals surface area contributed by atoms with Crippen molar-refractivity contribution < 1.29 is 32.2 Å². The van der Waals surface area contributed by atoms with Gasteiger partial charge in [-0.15, -0.1) is 0 Å². The summed E-state index contributed by atoms with van der Waals surface area (Å²) in [5, 5.41) is 8.31. The molecule has 2 N–H and O–H groups in total. The average molecular weight is 552 g/mol. The summed E-state index contributed by atoms with van der Waals surface area (Å²) in [6, 6.07) is 17.4. The fourth-order valence-corrected chi connectivity index (χ4v) is 6.80. The molecule has 0 saturated carbocycles. The van der Waals surface area contributed by atoms with Crippen LogP contribution in [-0.4, -0.2) is 43.6 Å². The maximum atomic E-state index is 14.4. The summed E-state index contributed by atoms with van der Waals surface area (Å²) >= 11 is 0. The standard InChI is InChI=1S/C28H26FN3O6S/c1-28(2)24(17-11-13-18(14-12-17)32-25(34)19-7-3-4-8-20(19)26(32)35)39(36,37)31-27(38-28)30-23(15-16-33)21-9-5-6-10-22(21)29/h3-14,23-24,33H,15-16H2,1-2H3,(H,30,31). The second-order valence-corrected chi connectivity index (χ2v) is 11.6. The summed E-state index contributed by atoms with van der Waals surface area (Å²) in [4.78, 5) is 31.0. The van der Waals surface area contributed by atoms with Crippen molar-refractivity contribution in [1.82, 2.24) is 4.72 Å². The Morgan fingerprint density at radius 1 is 1.00 bits per heavy atom. The molecule has 39 heavy (non-hydrogen) atoms. The molecule has 9 nitrogen and oxygen atoms in total. The predicted molar refractivity (Wildman–Crippen MR) is 142 cm³/mol. The third-order valence-corrected chi connectivity index (χ3v) is 8.64. The summed E-state index contributed by atoms with van der Waals surface area (Å²) in [6.07, 6.45) is 0.0542. The molecule has 11 heteroatoms. The second-order valence-electron chi connectivity index (χ2n) is 9.80. The first-order valence-corrected chi connectivity index (χ1v) is 13.8. The third-order valence-electron chi connectivity index (χ3n) is 6.72. The predicted octanol–water partition coefficient (Wildman–Crippen LogP) is 3.88. The van der Waals surface area contributed by atoms with E-state index in [0.29, 0.717) is 22.4 Å². The quantitative estimate of drug-likeness (QED) is 0.448. The highest BCUT2D eigenvalue weighted by Crippen LogP contribution is 2.40. The van der Waals surface area contributed by atoms with Gasteiger partial charge >= 0.3 is 0 Å². The van der Waals surface area contributed by atoms with Gasteiger partial charge in [0.2, 0.25) is 10.0 Å². The minimum atomic E-state index is -4.09. The van der Waals surface area contributed by atoms with E-state index in [4.69, 9.17) is 4.74 Å². The fourth-order valence-electron chi connectivity index (χ4n) is 5.03. The van der Waals surface area contributed by atoms with Crippen LogP contribution < -0.4 is 9.62 Å². The Bertz CT molecular complexity index is 1550. The van der Waals surface area contributed by atoms with Crippen molar-refractivity contribution in [2.75, 3.05) is 11.5 Å². The Morgan fingerprint density at radius 2 is 1.59 bits per heavy atom. The number of carbonyl (C=O) groups is 2. The normalized spacial score (nSPS) is 21.3. The number of rotatable bonds is 6. The Hall–Kier alpha value is -4.09. The third kappa shape index (κ3) is 4.79. The van der Waals surface area contributed by atoms with Gasteiger partial charge in [-0.25, -0.2) is 27.4 Å². The van der Waals surface area contributed by atoms with E-state index in [9.17, 15) is 27.5 Å². The summed E-state index contributed by atoms with van der Waals surface area (Å²) in [5.41, 5.74) is 0.185. The molecular weight excluding hydrogens is 525 g/mol. The average Bonchev–Trinajstić information content (AvgIpc) is 3.13. The van der Waals surface area contributed by atoms with Crippen LogP contribution in [0.1, 0.15) is 63.4 Å². The van der Waals surface area contributed by atoms with E-state index < -0.39 is 44.5 Å². The fraction of sp³-hybridized carbons (Fsp3) is 0.250. The van der Waals surface area contributed by atoms with Gasteiger partial charge in [-0.1, -0.05) is 42.5 Å². The Balaban J connectivity index is 1.42. The van der Waals surface area contributed by atoms with Crippen LogP contribution in [0.5, 0.6) is 0 Å². The first kappa shape index (κ1) is 26.5. The van der Waals surface area contributed by atoms with Crippen LogP contribution in [0.25, 0.3) is 0 Å². The molecular formula is C28H26FN3O6S. The number of sulfonamides is 1. The zero-order chi connectivity index (χ0) is 27.9. The van der Waals surface area contributed by atoms with Gasteiger partial charge in [0.05, 0.1) is 22.9 Å². The minimum Gasteiger partial charge on any atom is -0.457 e. The van der Waals surface area contributed by atoms with Crippen LogP contribution in [0, 0.1) is 5.82 Å². The van der Waals surface area contributed by atoms with Crippen LogP contribution in [0.3, 0.4) is 0 Å². The van der Waals surface area contributed by atoms with Crippen molar-refractivity contribution in [1.29, 1.82) is 0 Å². The number of aliphatic hydroxyl groups excluding tert-OH is 1. The molecule has 2 heterocycles. The van der Waals surface area contributed by atoms with E-state index in [-0.39, 0.29) is 24.6 Å². The number of hydrogen-bond acceptors (Lipinski definition) is 7. The lowest BCUT2D eigenvalue weighted by atomic mass is 9.97. The van der Waals surface area contributed by atoms with Gasteiger partial charge in [-0.3, -0.25) is 9.59 Å². The molecule has 0 aromatic heterocycles. The van der Waals surface area contributed by atoms with Crippen molar-refractivity contribution >= 4 is 33.5 Å². The Labute approximate surface area is 225 Å². The summed E-state index contributed by atoms with van der Waals surface area (Å²) < 4.78 is 49.6. The first-order valence-electron chi connectivity index (χ1n) is 12.2. The number of nitrogens with one attached hydrogen (secondary N) is 1. The van der Waals surface area contributed by atoms with Gasteiger partial charge in [0.25, 0.3) is 17.8 Å². The smallest absolute Gasteiger partial charge is 0.299 e. The number of aliphatic hydroxyl groups is 1. The number of hydrogen-bond donors (Lipinski definition) is 2. The van der Waals surface area contributed by atoms with Crippen molar-refractivity contribution in [3.05, 3.63) is 101 Å². The monoisotopic (exact) mass is 551 g/mol. The molecule has 3 aromatic rings. The number of ether oxygens (including phenoxy) is 1. The number of amides is 2. The highest BCUT2D eigenvalue weighted by Gasteiger charge is 2.48. The lowest BCUT2D eigenvalue weighted by Crippen LogP contribution is -2.53. The Kier molecular flexibility index (Phi) is 6.73. The maximum absolute atomic E-state index is 14.4. The van der Waals surface area contributed by atoms with Crippen LogP contribution in [0.2, 0.25) is 0 Å². The van der Waals surface area contributed by atoms with Crippen LogP contribution >= 0.6 is 0 Å². The molecule has 0 aliphatic carbocycles. The topological polar surface area (TPSA) is 125 Å². The number of nitrogens with zero attached hydrogens (tertiary/aromatic N) is 2. The van der Waals surface area contributed by atoms with Crippen LogP contribution in [0.4, 0.5) is 10.1 Å². The summed E-state index contributed by atoms with van der Waals surface area (Å²) in [6.45, 7) is 2.88. The molecule has 2 unspecified atom stereocenters. The number of halogens is 1. The molecule has 1 fully saturated rings.